The van der Waals surface area contributed by atoms with E-state index in [0.29, 0.717) is 11.9 Å². The van der Waals surface area contributed by atoms with Crippen molar-refractivity contribution in [1.82, 2.24) is 29.4 Å². The van der Waals surface area contributed by atoms with Crippen LogP contribution in [0.3, 0.4) is 0 Å². The van der Waals surface area contributed by atoms with Crippen molar-refractivity contribution < 1.29 is 4.79 Å². The molecule has 0 saturated carbocycles. The van der Waals surface area contributed by atoms with Gasteiger partial charge in [0.15, 0.2) is 0 Å². The summed E-state index contributed by atoms with van der Waals surface area (Å²) in [5.41, 5.74) is 3.30. The number of anilines is 2. The number of fused-ring (bicyclic) bond motifs is 4. The molecule has 1 amide bonds. The number of hydrogen-bond acceptors (Lipinski definition) is 7. The number of carbonyl (C=O) groups excluding carboxylic acids is 1. The highest BCUT2D eigenvalue weighted by Crippen LogP contribution is 2.41. The summed E-state index contributed by atoms with van der Waals surface area (Å²) in [5.74, 6) is 1.22. The number of amides is 1. The van der Waals surface area contributed by atoms with Crippen LogP contribution in [0.25, 0.3) is 15.7 Å². The summed E-state index contributed by atoms with van der Waals surface area (Å²) in [6.07, 6.45) is 9.00. The molecule has 1 saturated heterocycles. The number of nitrogens with one attached hydrogen (secondary N) is 1. The molecule has 8 nitrogen and oxygen atoms in total. The van der Waals surface area contributed by atoms with Gasteiger partial charge in [-0.3, -0.25) is 4.79 Å². The lowest BCUT2D eigenvalue weighted by Crippen LogP contribution is -2.39. The minimum Gasteiger partial charge on any atom is -0.341 e. The van der Waals surface area contributed by atoms with Gasteiger partial charge < -0.3 is 15.1 Å². The minimum atomic E-state index is 0.0696. The molecule has 4 aromatic heterocycles. The van der Waals surface area contributed by atoms with Crippen molar-refractivity contribution in [3.8, 4) is 0 Å². The van der Waals surface area contributed by atoms with Crippen molar-refractivity contribution in [3.63, 3.8) is 0 Å². The van der Waals surface area contributed by atoms with Gasteiger partial charge in [-0.25, -0.2) is 14.5 Å². The fourth-order valence-electron chi connectivity index (χ4n) is 5.17. The molecule has 0 radical (unpaired) electrons. The number of aromatic nitrogens is 4. The Hall–Kier alpha value is -3.04. The van der Waals surface area contributed by atoms with E-state index in [1.165, 1.54) is 10.4 Å². The van der Waals surface area contributed by atoms with E-state index >= 15 is 0 Å². The quantitative estimate of drug-likeness (QED) is 0.502. The fourth-order valence-corrected chi connectivity index (χ4v) is 6.44. The zero-order chi connectivity index (χ0) is 22.5. The summed E-state index contributed by atoms with van der Waals surface area (Å²) in [7, 11) is 4.20. The van der Waals surface area contributed by atoms with Gasteiger partial charge in [0.05, 0.1) is 10.9 Å². The summed E-state index contributed by atoms with van der Waals surface area (Å²) in [5, 5.41) is 8.86. The molecule has 0 spiro atoms. The van der Waals surface area contributed by atoms with E-state index in [4.69, 9.17) is 0 Å². The Bertz CT molecular complexity index is 1340. The largest absolute Gasteiger partial charge is 0.341 e. The standard InChI is InChI=1S/C24H27N7OS/c1-29(2)18-7-9-30(13-18)24(32)15-3-4-19-20(11-15)33-23-21(19)22(25-14-26-23)28-16-6-10-31-17(12-16)5-8-27-31/h5-6,8,10,12,14-15,18H,3-4,7,9,11,13H2,1-2H3,(H,25,26,28)/t15-,18-/m0/s1. The van der Waals surface area contributed by atoms with Gasteiger partial charge in [0.25, 0.3) is 0 Å². The zero-order valence-electron chi connectivity index (χ0n) is 18.9. The smallest absolute Gasteiger partial charge is 0.226 e. The average Bonchev–Trinajstić information content (AvgIpc) is 3.55. The molecule has 5 heterocycles. The lowest BCUT2D eigenvalue weighted by Gasteiger charge is -2.27. The first-order valence-electron chi connectivity index (χ1n) is 11.5. The molecule has 33 heavy (non-hydrogen) atoms. The number of rotatable bonds is 4. The van der Waals surface area contributed by atoms with E-state index in [9.17, 15) is 4.79 Å². The zero-order valence-corrected chi connectivity index (χ0v) is 19.7. The summed E-state index contributed by atoms with van der Waals surface area (Å²) in [6.45, 7) is 1.72. The van der Waals surface area contributed by atoms with E-state index in [-0.39, 0.29) is 5.92 Å². The number of carbonyl (C=O) groups is 1. The fraction of sp³-hybridized carbons (Fsp3) is 0.417. The maximum Gasteiger partial charge on any atom is 0.226 e. The van der Waals surface area contributed by atoms with E-state index < -0.39 is 0 Å². The van der Waals surface area contributed by atoms with Crippen LogP contribution in [0.1, 0.15) is 23.3 Å². The van der Waals surface area contributed by atoms with E-state index in [1.54, 1.807) is 23.9 Å². The SMILES string of the molecule is CN(C)[C@H]1CCN(C(=O)[C@H]2CCc3c(sc4ncnc(Nc5ccn6nccc6c5)c34)C2)C1. The molecule has 170 valence electrons. The van der Waals surface area contributed by atoms with Crippen molar-refractivity contribution in [2.75, 3.05) is 32.5 Å². The molecule has 9 heteroatoms. The number of hydrogen-bond donors (Lipinski definition) is 1. The first-order valence-corrected chi connectivity index (χ1v) is 12.3. The van der Waals surface area contributed by atoms with Gasteiger partial charge in [0, 0.05) is 48.0 Å². The van der Waals surface area contributed by atoms with Crippen LogP contribution in [0, 0.1) is 5.92 Å². The van der Waals surface area contributed by atoms with Crippen LogP contribution in [-0.4, -0.2) is 68.5 Å². The number of aryl methyl sites for hydroxylation is 1. The molecule has 2 aliphatic rings. The van der Waals surface area contributed by atoms with E-state index in [0.717, 1.165) is 66.0 Å². The van der Waals surface area contributed by atoms with Gasteiger partial charge in [-0.1, -0.05) is 0 Å². The van der Waals surface area contributed by atoms with Gasteiger partial charge in [-0.15, -0.1) is 11.3 Å². The first-order chi connectivity index (χ1) is 16.1. The van der Waals surface area contributed by atoms with E-state index in [2.05, 4.69) is 50.3 Å². The van der Waals surface area contributed by atoms with Crippen molar-refractivity contribution in [2.24, 2.45) is 5.92 Å². The van der Waals surface area contributed by atoms with Crippen LogP contribution in [-0.2, 0) is 17.6 Å². The highest BCUT2D eigenvalue weighted by Gasteiger charge is 2.35. The second-order valence-electron chi connectivity index (χ2n) is 9.28. The number of pyridine rings is 1. The predicted molar refractivity (Wildman–Crippen MR) is 130 cm³/mol. The van der Waals surface area contributed by atoms with Gasteiger partial charge in [0.2, 0.25) is 5.91 Å². The number of likely N-dealkylation sites (N-methyl/N-ethyl adjacent to an activating group) is 1. The molecule has 2 atom stereocenters. The van der Waals surface area contributed by atoms with E-state index in [1.807, 2.05) is 22.8 Å². The average molecular weight is 462 g/mol. The molecule has 0 aromatic carbocycles. The maximum absolute atomic E-state index is 13.3. The summed E-state index contributed by atoms with van der Waals surface area (Å²) in [6, 6.07) is 6.51. The normalized spacial score (nSPS) is 20.6. The van der Waals surface area contributed by atoms with Gasteiger partial charge in [-0.2, -0.15) is 5.10 Å². The van der Waals surface area contributed by atoms with Crippen molar-refractivity contribution >= 4 is 44.5 Å². The summed E-state index contributed by atoms with van der Waals surface area (Å²) in [4.78, 5) is 29.0. The molecule has 0 bridgehead atoms. The number of nitrogens with zero attached hydrogens (tertiary/aromatic N) is 6. The molecule has 1 fully saturated rings. The highest BCUT2D eigenvalue weighted by molar-refractivity contribution is 7.19. The number of likely N-dealkylation sites (tertiary alicyclic amines) is 1. The summed E-state index contributed by atoms with van der Waals surface area (Å²) < 4.78 is 1.84. The Morgan fingerprint density at radius 3 is 3.00 bits per heavy atom. The van der Waals surface area contributed by atoms with Crippen LogP contribution >= 0.6 is 11.3 Å². The second-order valence-corrected chi connectivity index (χ2v) is 10.4. The molecule has 4 aromatic rings. The molecule has 1 aliphatic heterocycles. The second kappa shape index (κ2) is 8.07. The van der Waals surface area contributed by atoms with Crippen LogP contribution in [0.15, 0.2) is 36.9 Å². The Labute approximate surface area is 196 Å². The van der Waals surface area contributed by atoms with Crippen LogP contribution in [0.5, 0.6) is 0 Å². The maximum atomic E-state index is 13.3. The van der Waals surface area contributed by atoms with Crippen molar-refractivity contribution in [2.45, 2.75) is 31.7 Å². The monoisotopic (exact) mass is 461 g/mol. The van der Waals surface area contributed by atoms with Crippen LogP contribution < -0.4 is 5.32 Å². The van der Waals surface area contributed by atoms with Gasteiger partial charge >= 0.3 is 0 Å². The van der Waals surface area contributed by atoms with Crippen LogP contribution in [0.4, 0.5) is 11.5 Å². The van der Waals surface area contributed by atoms with Gasteiger partial charge in [-0.05, 0) is 63.5 Å². The molecule has 0 unspecified atom stereocenters. The topological polar surface area (TPSA) is 78.7 Å². The Morgan fingerprint density at radius 2 is 2.15 bits per heavy atom. The molecular weight excluding hydrogens is 434 g/mol. The lowest BCUT2D eigenvalue weighted by molar-refractivity contribution is -0.134. The predicted octanol–water partition coefficient (Wildman–Crippen LogP) is 3.35. The third kappa shape index (κ3) is 3.65. The lowest BCUT2D eigenvalue weighted by atomic mass is 9.87. The van der Waals surface area contributed by atoms with Crippen molar-refractivity contribution in [3.05, 3.63) is 47.4 Å². The Morgan fingerprint density at radius 1 is 1.24 bits per heavy atom. The molecule has 1 aliphatic carbocycles. The number of thiophene rings is 1. The summed E-state index contributed by atoms with van der Waals surface area (Å²) >= 11 is 1.71. The molecular formula is C24H27N7OS. The Balaban J connectivity index is 1.25. The molecule has 1 N–H and O–H groups in total. The first kappa shape index (κ1) is 20.6. The van der Waals surface area contributed by atoms with Gasteiger partial charge in [0.1, 0.15) is 17.0 Å². The molecule has 6 rings (SSSR count). The highest BCUT2D eigenvalue weighted by atomic mass is 32.1. The Kier molecular flexibility index (Phi) is 5.03. The minimum absolute atomic E-state index is 0.0696. The van der Waals surface area contributed by atoms with Crippen molar-refractivity contribution in [1.29, 1.82) is 0 Å². The third-order valence-electron chi connectivity index (χ3n) is 7.06. The third-order valence-corrected chi connectivity index (χ3v) is 8.22. The van der Waals surface area contributed by atoms with Crippen LogP contribution in [0.2, 0.25) is 0 Å².